The van der Waals surface area contributed by atoms with Gasteiger partial charge in [-0.1, -0.05) is 19.1 Å². The van der Waals surface area contributed by atoms with Crippen LogP contribution in [0.4, 0.5) is 0 Å². The van der Waals surface area contributed by atoms with E-state index in [9.17, 15) is 13.7 Å². The average Bonchev–Trinajstić information content (AvgIpc) is 3.23. The lowest BCUT2D eigenvalue weighted by Gasteiger charge is -2.09. The summed E-state index contributed by atoms with van der Waals surface area (Å²) in [7, 11) is -1.75. The van der Waals surface area contributed by atoms with Gasteiger partial charge in [-0.05, 0) is 24.6 Å². The molecule has 0 amide bonds. The topological polar surface area (TPSA) is 76.4 Å². The van der Waals surface area contributed by atoms with Gasteiger partial charge >= 0.3 is 0 Å². The molecule has 0 N–H and O–H groups in total. The van der Waals surface area contributed by atoms with Crippen molar-refractivity contribution in [2.45, 2.75) is 25.0 Å². The first-order valence-electron chi connectivity index (χ1n) is 7.31. The van der Waals surface area contributed by atoms with Crippen LogP contribution in [-0.2, 0) is 14.6 Å². The summed E-state index contributed by atoms with van der Waals surface area (Å²) in [6.07, 6.45) is 0. The van der Waals surface area contributed by atoms with Crippen molar-refractivity contribution in [2.75, 3.05) is 26.1 Å². The Labute approximate surface area is 131 Å². The monoisotopic (exact) mass is 323 g/mol. The number of hydrogen-bond donors (Lipinski definition) is 0. The summed E-state index contributed by atoms with van der Waals surface area (Å²) >= 11 is 0. The van der Waals surface area contributed by atoms with Crippen LogP contribution in [0.1, 0.15) is 25.3 Å². The standard InChI is InChI=1S/C16H21NO4S/c1-4-21-11-16(10-17)14(15(16)22(18,19)5-2)12-6-8-13(20-3)9-7-12/h6-9,14-15H,4-5,11H2,1-3H3/t14-,15+,16-/m1/s1. The molecule has 5 nitrogen and oxygen atoms in total. The first kappa shape index (κ1) is 16.8. The highest BCUT2D eigenvalue weighted by Crippen LogP contribution is 2.63. The van der Waals surface area contributed by atoms with Crippen LogP contribution in [0.3, 0.4) is 0 Å². The lowest BCUT2D eigenvalue weighted by Crippen LogP contribution is -2.20. The smallest absolute Gasteiger partial charge is 0.155 e. The Bertz CT molecular complexity index is 662. The predicted molar refractivity (Wildman–Crippen MR) is 83.5 cm³/mol. The zero-order valence-electron chi connectivity index (χ0n) is 13.1. The van der Waals surface area contributed by atoms with Crippen LogP contribution < -0.4 is 4.74 Å². The van der Waals surface area contributed by atoms with E-state index < -0.39 is 20.5 Å². The Kier molecular flexibility index (Phi) is 4.78. The molecule has 0 aliphatic heterocycles. The molecule has 120 valence electrons. The van der Waals surface area contributed by atoms with Gasteiger partial charge in [0.2, 0.25) is 0 Å². The van der Waals surface area contributed by atoms with Crippen LogP contribution in [0.15, 0.2) is 24.3 Å². The normalized spacial score (nSPS) is 27.2. The van der Waals surface area contributed by atoms with E-state index >= 15 is 0 Å². The molecule has 1 aliphatic rings. The van der Waals surface area contributed by atoms with Crippen molar-refractivity contribution in [2.24, 2.45) is 5.41 Å². The molecule has 0 unspecified atom stereocenters. The van der Waals surface area contributed by atoms with Gasteiger partial charge in [0, 0.05) is 18.3 Å². The van der Waals surface area contributed by atoms with Gasteiger partial charge in [0.25, 0.3) is 0 Å². The summed E-state index contributed by atoms with van der Waals surface area (Å²) in [6, 6.07) is 9.44. The first-order valence-corrected chi connectivity index (χ1v) is 9.02. The van der Waals surface area contributed by atoms with Crippen LogP contribution in [0, 0.1) is 16.7 Å². The Morgan fingerprint density at radius 2 is 1.91 bits per heavy atom. The van der Waals surface area contributed by atoms with Gasteiger partial charge in [-0.25, -0.2) is 8.42 Å². The fourth-order valence-electron chi connectivity index (χ4n) is 3.00. The SMILES string of the molecule is CCOC[C@]1(C#N)[C@H](c2ccc(OC)cc2)[C@@H]1S(=O)(=O)CC. The minimum absolute atomic E-state index is 0.0277. The van der Waals surface area contributed by atoms with Gasteiger partial charge in [0.05, 0.1) is 25.0 Å². The molecular weight excluding hydrogens is 302 g/mol. The number of methoxy groups -OCH3 is 1. The Hall–Kier alpha value is -1.58. The summed E-state index contributed by atoms with van der Waals surface area (Å²) in [5, 5.41) is 8.93. The number of nitrogens with zero attached hydrogens (tertiary/aromatic N) is 1. The number of benzene rings is 1. The lowest BCUT2D eigenvalue weighted by molar-refractivity contribution is 0.117. The highest BCUT2D eigenvalue weighted by atomic mass is 32.2. The molecular formula is C16H21NO4S. The Morgan fingerprint density at radius 3 is 2.36 bits per heavy atom. The molecule has 3 atom stereocenters. The van der Waals surface area contributed by atoms with Gasteiger partial charge in [-0.2, -0.15) is 5.26 Å². The van der Waals surface area contributed by atoms with Crippen molar-refractivity contribution in [3.63, 3.8) is 0 Å². The van der Waals surface area contributed by atoms with Gasteiger partial charge in [0.1, 0.15) is 11.2 Å². The zero-order valence-corrected chi connectivity index (χ0v) is 13.9. The maximum Gasteiger partial charge on any atom is 0.155 e. The van der Waals surface area contributed by atoms with Gasteiger partial charge in [0.15, 0.2) is 9.84 Å². The van der Waals surface area contributed by atoms with Crippen molar-refractivity contribution < 1.29 is 17.9 Å². The third-order valence-corrected chi connectivity index (χ3v) is 6.54. The number of hydrogen-bond acceptors (Lipinski definition) is 5. The van der Waals surface area contributed by atoms with Gasteiger partial charge < -0.3 is 9.47 Å². The van der Waals surface area contributed by atoms with Crippen LogP contribution in [-0.4, -0.2) is 39.7 Å². The lowest BCUT2D eigenvalue weighted by atomic mass is 10.0. The number of nitriles is 1. The van der Waals surface area contributed by atoms with Gasteiger partial charge in [-0.15, -0.1) is 0 Å². The summed E-state index contributed by atoms with van der Waals surface area (Å²) < 4.78 is 35.3. The van der Waals surface area contributed by atoms with Crippen LogP contribution in [0.25, 0.3) is 0 Å². The molecule has 0 spiro atoms. The van der Waals surface area contributed by atoms with E-state index in [1.165, 1.54) is 0 Å². The second-order valence-corrected chi connectivity index (χ2v) is 7.82. The largest absolute Gasteiger partial charge is 0.497 e. The van der Waals surface area contributed by atoms with Crippen molar-refractivity contribution >= 4 is 9.84 Å². The summed E-state index contributed by atoms with van der Waals surface area (Å²) in [4.78, 5) is 0. The van der Waals surface area contributed by atoms with E-state index in [0.29, 0.717) is 12.4 Å². The van der Waals surface area contributed by atoms with E-state index in [1.807, 2.05) is 19.1 Å². The van der Waals surface area contributed by atoms with Crippen LogP contribution in [0.5, 0.6) is 5.75 Å². The molecule has 1 fully saturated rings. The van der Waals surface area contributed by atoms with Gasteiger partial charge in [-0.3, -0.25) is 0 Å². The van der Waals surface area contributed by atoms with E-state index in [2.05, 4.69) is 6.07 Å². The predicted octanol–water partition coefficient (Wildman–Crippen LogP) is 2.14. The minimum Gasteiger partial charge on any atom is -0.497 e. The van der Waals surface area contributed by atoms with Crippen molar-refractivity contribution in [1.82, 2.24) is 0 Å². The number of sulfone groups is 1. The number of ether oxygens (including phenoxy) is 2. The summed E-state index contributed by atoms with van der Waals surface area (Å²) in [5.74, 6) is 0.381. The van der Waals surface area contributed by atoms with E-state index in [4.69, 9.17) is 9.47 Å². The third-order valence-electron chi connectivity index (χ3n) is 4.27. The van der Waals surface area contributed by atoms with E-state index in [0.717, 1.165) is 5.56 Å². The molecule has 1 aromatic carbocycles. The Balaban J connectivity index is 2.40. The fraction of sp³-hybridized carbons (Fsp3) is 0.562. The van der Waals surface area contributed by atoms with Crippen molar-refractivity contribution in [3.05, 3.63) is 29.8 Å². The molecule has 1 aliphatic carbocycles. The third kappa shape index (κ3) is 2.71. The highest BCUT2D eigenvalue weighted by Gasteiger charge is 2.71. The van der Waals surface area contributed by atoms with E-state index in [1.54, 1.807) is 26.2 Å². The molecule has 0 bridgehead atoms. The zero-order chi connectivity index (χ0) is 16.4. The fourth-order valence-corrected chi connectivity index (χ4v) is 5.01. The average molecular weight is 323 g/mol. The summed E-state index contributed by atoms with van der Waals surface area (Å²) in [5.41, 5.74) is -0.150. The van der Waals surface area contributed by atoms with Crippen molar-refractivity contribution in [1.29, 1.82) is 5.26 Å². The quantitative estimate of drug-likeness (QED) is 0.768. The first-order chi connectivity index (χ1) is 10.5. The minimum atomic E-state index is -3.32. The molecule has 1 saturated carbocycles. The van der Waals surface area contributed by atoms with Crippen LogP contribution in [0.2, 0.25) is 0 Å². The molecule has 0 aromatic heterocycles. The molecule has 6 heteroatoms. The van der Waals surface area contributed by atoms with E-state index in [-0.39, 0.29) is 18.3 Å². The molecule has 22 heavy (non-hydrogen) atoms. The molecule has 2 rings (SSSR count). The van der Waals surface area contributed by atoms with Crippen LogP contribution >= 0.6 is 0 Å². The summed E-state index contributed by atoms with van der Waals surface area (Å²) in [6.45, 7) is 4.04. The van der Waals surface area contributed by atoms with Crippen molar-refractivity contribution in [3.8, 4) is 11.8 Å². The molecule has 0 saturated heterocycles. The highest BCUT2D eigenvalue weighted by molar-refractivity contribution is 7.92. The second kappa shape index (κ2) is 6.27. The molecule has 1 aromatic rings. The maximum absolute atomic E-state index is 12.4. The maximum atomic E-state index is 12.4. The Morgan fingerprint density at radius 1 is 1.27 bits per heavy atom. The second-order valence-electron chi connectivity index (χ2n) is 5.41. The number of rotatable bonds is 7. The molecule has 0 heterocycles. The molecule has 0 radical (unpaired) electrons.